The maximum atomic E-state index is 5.48. The number of aliphatic imine (C=N–C) groups is 1. The van der Waals surface area contributed by atoms with Crippen LogP contribution in [0.5, 0.6) is 11.5 Å². The van der Waals surface area contributed by atoms with Gasteiger partial charge in [0, 0.05) is 48.6 Å². The lowest BCUT2D eigenvalue weighted by molar-refractivity contribution is 0.122. The summed E-state index contributed by atoms with van der Waals surface area (Å²) >= 11 is 0. The van der Waals surface area contributed by atoms with Crippen molar-refractivity contribution in [2.45, 2.75) is 6.54 Å². The molecule has 0 radical (unpaired) electrons. The lowest BCUT2D eigenvalue weighted by atomic mass is 10.1. The van der Waals surface area contributed by atoms with Gasteiger partial charge in [-0.05, 0) is 49.2 Å². The molecule has 5 rings (SSSR count). The number of ether oxygens (including phenoxy) is 3. The van der Waals surface area contributed by atoms with Gasteiger partial charge in [0.2, 0.25) is 6.79 Å². The number of anilines is 2. The van der Waals surface area contributed by atoms with Gasteiger partial charge in [-0.2, -0.15) is 0 Å². The summed E-state index contributed by atoms with van der Waals surface area (Å²) in [7, 11) is 0. The normalized spacial score (nSPS) is 15.6. The van der Waals surface area contributed by atoms with E-state index in [1.807, 2.05) is 35.2 Å². The Morgan fingerprint density at radius 2 is 1.91 bits per heavy atom. The quantitative estimate of drug-likeness (QED) is 0.575. The van der Waals surface area contributed by atoms with Crippen molar-refractivity contribution >= 4 is 30.0 Å². The highest BCUT2D eigenvalue weighted by Gasteiger charge is 2.15. The van der Waals surface area contributed by atoms with E-state index in [0.29, 0.717) is 12.3 Å². The molecule has 0 spiro atoms. The fourth-order valence-corrected chi connectivity index (χ4v) is 3.79. The number of hydrogen-bond donors (Lipinski definition) is 1. The molecule has 164 valence electrons. The van der Waals surface area contributed by atoms with Crippen LogP contribution in [0.3, 0.4) is 0 Å². The molecule has 0 aliphatic carbocycles. The second-order valence-electron chi connectivity index (χ2n) is 7.49. The van der Waals surface area contributed by atoms with Gasteiger partial charge in [0.15, 0.2) is 11.5 Å². The molecule has 1 fully saturated rings. The second kappa shape index (κ2) is 9.15. The molecule has 1 N–H and O–H groups in total. The van der Waals surface area contributed by atoms with Gasteiger partial charge in [-0.15, -0.1) is 0 Å². The largest absolute Gasteiger partial charge is 0.454 e. The summed E-state index contributed by atoms with van der Waals surface area (Å²) in [4.78, 5) is 11.0. The zero-order valence-corrected chi connectivity index (χ0v) is 17.7. The maximum absolute atomic E-state index is 5.48. The van der Waals surface area contributed by atoms with Crippen molar-refractivity contribution in [3.63, 3.8) is 0 Å². The maximum Gasteiger partial charge on any atom is 0.231 e. The lowest BCUT2D eigenvalue weighted by Gasteiger charge is -2.28. The van der Waals surface area contributed by atoms with Crippen LogP contribution in [0.4, 0.5) is 11.4 Å². The average Bonchev–Trinajstić information content (AvgIpc) is 3.50. The van der Waals surface area contributed by atoms with Gasteiger partial charge < -0.3 is 29.0 Å². The molecule has 2 aliphatic heterocycles. The Labute approximate surface area is 186 Å². The van der Waals surface area contributed by atoms with Crippen LogP contribution in [0.25, 0.3) is 11.9 Å². The van der Waals surface area contributed by atoms with Crippen molar-refractivity contribution < 1.29 is 14.2 Å². The summed E-state index contributed by atoms with van der Waals surface area (Å²) in [5, 5.41) is 3.44. The third kappa shape index (κ3) is 4.31. The molecule has 32 heavy (non-hydrogen) atoms. The van der Waals surface area contributed by atoms with Gasteiger partial charge in [-0.25, -0.2) is 4.98 Å². The Morgan fingerprint density at radius 3 is 2.72 bits per heavy atom. The van der Waals surface area contributed by atoms with E-state index in [-0.39, 0.29) is 6.79 Å². The lowest BCUT2D eigenvalue weighted by Crippen LogP contribution is -2.36. The fraction of sp³-hybridized carbons (Fsp3) is 0.250. The monoisotopic (exact) mass is 431 g/mol. The summed E-state index contributed by atoms with van der Waals surface area (Å²) in [6.45, 7) is 7.97. The van der Waals surface area contributed by atoms with E-state index >= 15 is 0 Å². The van der Waals surface area contributed by atoms with Gasteiger partial charge in [-0.3, -0.25) is 4.99 Å². The molecule has 1 saturated heterocycles. The van der Waals surface area contributed by atoms with Crippen molar-refractivity contribution in [3.8, 4) is 11.5 Å². The first-order chi connectivity index (χ1) is 15.8. The number of fused-ring (bicyclic) bond motifs is 1. The number of benzene rings is 2. The van der Waals surface area contributed by atoms with E-state index in [2.05, 4.69) is 51.2 Å². The number of nitrogens with one attached hydrogen (secondary N) is 1. The van der Waals surface area contributed by atoms with Crippen molar-refractivity contribution in [1.29, 1.82) is 0 Å². The van der Waals surface area contributed by atoms with Crippen LogP contribution in [0.2, 0.25) is 0 Å². The number of aromatic nitrogens is 2. The first-order valence-corrected chi connectivity index (χ1v) is 10.6. The van der Waals surface area contributed by atoms with E-state index in [9.17, 15) is 0 Å². The molecule has 8 nitrogen and oxygen atoms in total. The highest BCUT2D eigenvalue weighted by atomic mass is 16.7. The molecule has 0 atom stereocenters. The van der Waals surface area contributed by atoms with Crippen LogP contribution in [0.1, 0.15) is 11.4 Å². The van der Waals surface area contributed by atoms with Gasteiger partial charge in [0.1, 0.15) is 5.82 Å². The SMILES string of the molecule is C=N/C(=C\n1ccnc1CNc1ccc(N2CCOCC2)cc1)c1ccc2c(c1)OCO2. The van der Waals surface area contributed by atoms with E-state index in [1.165, 1.54) is 5.69 Å². The highest BCUT2D eigenvalue weighted by Crippen LogP contribution is 2.34. The zero-order chi connectivity index (χ0) is 21.8. The molecule has 2 aromatic carbocycles. The van der Waals surface area contributed by atoms with Gasteiger partial charge in [-0.1, -0.05) is 0 Å². The average molecular weight is 431 g/mol. The number of nitrogens with zero attached hydrogens (tertiary/aromatic N) is 4. The van der Waals surface area contributed by atoms with Gasteiger partial charge in [0.05, 0.1) is 25.5 Å². The minimum atomic E-state index is 0.240. The van der Waals surface area contributed by atoms with Crippen molar-refractivity contribution in [2.75, 3.05) is 43.3 Å². The molecule has 2 aliphatic rings. The van der Waals surface area contributed by atoms with Gasteiger partial charge in [0.25, 0.3) is 0 Å². The molecule has 8 heteroatoms. The predicted octanol–water partition coefficient (Wildman–Crippen LogP) is 3.72. The first kappa shape index (κ1) is 20.1. The van der Waals surface area contributed by atoms with E-state index in [4.69, 9.17) is 14.2 Å². The Morgan fingerprint density at radius 1 is 1.09 bits per heavy atom. The number of imidazole rings is 1. The Kier molecular flexibility index (Phi) is 5.76. The van der Waals surface area contributed by atoms with E-state index in [1.54, 1.807) is 6.20 Å². The summed E-state index contributed by atoms with van der Waals surface area (Å²) in [5.74, 6) is 2.32. The molecular weight excluding hydrogens is 406 g/mol. The number of morpholine rings is 1. The minimum absolute atomic E-state index is 0.240. The van der Waals surface area contributed by atoms with Crippen LogP contribution < -0.4 is 19.7 Å². The molecular formula is C24H25N5O3. The second-order valence-corrected chi connectivity index (χ2v) is 7.49. The standard InChI is InChI=1S/C24H25N5O3/c1-25-21(18-2-7-22-23(14-18)32-17-31-22)16-29-9-8-26-24(29)15-27-19-3-5-20(6-4-19)28-10-12-30-13-11-28/h2-9,14,16,27H,1,10-13,15,17H2/b21-16-. The summed E-state index contributed by atoms with van der Waals surface area (Å²) in [6.07, 6.45) is 5.59. The third-order valence-corrected chi connectivity index (χ3v) is 5.54. The van der Waals surface area contributed by atoms with Crippen molar-refractivity contribution in [1.82, 2.24) is 9.55 Å². The van der Waals surface area contributed by atoms with Crippen LogP contribution in [-0.2, 0) is 11.3 Å². The molecule has 0 bridgehead atoms. The fourth-order valence-electron chi connectivity index (χ4n) is 3.79. The minimum Gasteiger partial charge on any atom is -0.454 e. The topological polar surface area (TPSA) is 73.1 Å². The smallest absolute Gasteiger partial charge is 0.231 e. The highest BCUT2D eigenvalue weighted by molar-refractivity contribution is 5.78. The van der Waals surface area contributed by atoms with Crippen LogP contribution in [0, 0.1) is 0 Å². The molecule has 0 amide bonds. The van der Waals surface area contributed by atoms with Gasteiger partial charge >= 0.3 is 0 Å². The Bertz CT molecular complexity index is 1120. The molecule has 3 heterocycles. The van der Waals surface area contributed by atoms with Crippen LogP contribution in [0.15, 0.2) is 59.9 Å². The summed E-state index contributed by atoms with van der Waals surface area (Å²) in [6, 6.07) is 14.2. The van der Waals surface area contributed by atoms with Crippen molar-refractivity contribution in [2.24, 2.45) is 4.99 Å². The van der Waals surface area contributed by atoms with Crippen LogP contribution in [-0.4, -0.2) is 49.4 Å². The summed E-state index contributed by atoms with van der Waals surface area (Å²) in [5.41, 5.74) is 3.88. The zero-order valence-electron chi connectivity index (χ0n) is 17.7. The number of rotatable bonds is 7. The first-order valence-electron chi connectivity index (χ1n) is 10.6. The number of hydrogen-bond acceptors (Lipinski definition) is 7. The molecule has 0 saturated carbocycles. The predicted molar refractivity (Wildman–Crippen MR) is 125 cm³/mol. The van der Waals surface area contributed by atoms with Crippen LogP contribution >= 0.6 is 0 Å². The Hall–Kier alpha value is -3.78. The molecule has 0 unspecified atom stereocenters. The van der Waals surface area contributed by atoms with E-state index < -0.39 is 0 Å². The van der Waals surface area contributed by atoms with Crippen molar-refractivity contribution in [3.05, 3.63) is 66.2 Å². The molecule has 3 aromatic rings. The molecule has 1 aromatic heterocycles. The summed E-state index contributed by atoms with van der Waals surface area (Å²) < 4.78 is 18.2. The third-order valence-electron chi connectivity index (χ3n) is 5.54. The Balaban J connectivity index is 1.27. The van der Waals surface area contributed by atoms with E-state index in [0.717, 1.165) is 54.8 Å².